The van der Waals surface area contributed by atoms with Gasteiger partial charge in [0.15, 0.2) is 0 Å². The second kappa shape index (κ2) is 8.73. The Kier molecular flexibility index (Phi) is 5.91. The zero-order valence-corrected chi connectivity index (χ0v) is 14.9. The molecule has 142 valence electrons. The second-order valence-electron chi connectivity index (χ2n) is 6.10. The average molecular weight is 378 g/mol. The first-order valence-electron chi connectivity index (χ1n) is 8.55. The third-order valence-electron chi connectivity index (χ3n) is 3.85. The molecule has 3 aromatic rings. The van der Waals surface area contributed by atoms with Crippen molar-refractivity contribution in [1.29, 1.82) is 0 Å². The molecule has 2 N–H and O–H groups in total. The summed E-state index contributed by atoms with van der Waals surface area (Å²) in [6.45, 7) is 0. The lowest BCUT2D eigenvalue weighted by Crippen LogP contribution is -1.99. The normalized spacial score (nSPS) is 10.3. The fraction of sp³-hybridized carbons (Fsp3) is 0.0909. The van der Waals surface area contributed by atoms with Crippen molar-refractivity contribution in [3.63, 3.8) is 0 Å². The maximum Gasteiger partial charge on any atom is 0.307 e. The molecule has 0 saturated heterocycles. The van der Waals surface area contributed by atoms with E-state index in [2.05, 4.69) is 0 Å². The van der Waals surface area contributed by atoms with Gasteiger partial charge in [-0.05, 0) is 59.7 Å². The Bertz CT molecular complexity index is 863. The average Bonchev–Trinajstić information content (AvgIpc) is 2.66. The summed E-state index contributed by atoms with van der Waals surface area (Å²) in [5, 5.41) is 17.6. The summed E-state index contributed by atoms with van der Waals surface area (Å²) in [5.41, 5.74) is 1.41. The Morgan fingerprint density at radius 1 is 0.536 bits per heavy atom. The summed E-state index contributed by atoms with van der Waals surface area (Å²) < 4.78 is 11.5. The van der Waals surface area contributed by atoms with Crippen molar-refractivity contribution in [2.45, 2.75) is 12.8 Å². The molecule has 0 fully saturated rings. The summed E-state index contributed by atoms with van der Waals surface area (Å²) in [7, 11) is 0. The molecule has 6 nitrogen and oxygen atoms in total. The lowest BCUT2D eigenvalue weighted by molar-refractivity contribution is -0.137. The Hall–Kier alpha value is -3.80. The van der Waals surface area contributed by atoms with E-state index in [0.717, 1.165) is 0 Å². The first-order valence-corrected chi connectivity index (χ1v) is 8.55. The van der Waals surface area contributed by atoms with Crippen LogP contribution in [0, 0.1) is 0 Å². The van der Waals surface area contributed by atoms with Crippen LogP contribution in [0.3, 0.4) is 0 Å². The second-order valence-corrected chi connectivity index (χ2v) is 6.10. The van der Waals surface area contributed by atoms with Gasteiger partial charge in [0.2, 0.25) is 0 Å². The Labute approximate surface area is 161 Å². The van der Waals surface area contributed by atoms with Crippen LogP contribution in [-0.2, 0) is 22.4 Å². The molecule has 3 rings (SSSR count). The van der Waals surface area contributed by atoms with Gasteiger partial charge in [0.1, 0.15) is 23.0 Å². The third-order valence-corrected chi connectivity index (χ3v) is 3.85. The number of hydrogen-bond donors (Lipinski definition) is 2. The minimum absolute atomic E-state index is 0.0242. The Balaban J connectivity index is 1.58. The maximum absolute atomic E-state index is 10.7. The molecule has 0 spiro atoms. The van der Waals surface area contributed by atoms with E-state index in [4.69, 9.17) is 19.7 Å². The lowest BCUT2D eigenvalue weighted by atomic mass is 10.1. The quantitative estimate of drug-likeness (QED) is 0.598. The minimum atomic E-state index is -0.874. The van der Waals surface area contributed by atoms with Gasteiger partial charge < -0.3 is 19.7 Å². The van der Waals surface area contributed by atoms with Crippen LogP contribution < -0.4 is 9.47 Å². The molecule has 0 aromatic heterocycles. The van der Waals surface area contributed by atoms with Crippen LogP contribution in [0.2, 0.25) is 0 Å². The number of aliphatic carboxylic acids is 2. The molecule has 0 heterocycles. The van der Waals surface area contributed by atoms with Gasteiger partial charge in [-0.1, -0.05) is 24.3 Å². The van der Waals surface area contributed by atoms with E-state index >= 15 is 0 Å². The van der Waals surface area contributed by atoms with E-state index in [1.807, 2.05) is 0 Å². The number of carboxylic acids is 2. The van der Waals surface area contributed by atoms with E-state index < -0.39 is 11.9 Å². The zero-order chi connectivity index (χ0) is 19.9. The molecule has 3 aromatic carbocycles. The van der Waals surface area contributed by atoms with Gasteiger partial charge in [0.25, 0.3) is 0 Å². The van der Waals surface area contributed by atoms with Gasteiger partial charge in [-0.25, -0.2) is 0 Å². The molecule has 0 unspecified atom stereocenters. The van der Waals surface area contributed by atoms with Gasteiger partial charge in [-0.3, -0.25) is 9.59 Å². The molecule has 0 saturated carbocycles. The fourth-order valence-electron chi connectivity index (χ4n) is 2.55. The van der Waals surface area contributed by atoms with Crippen molar-refractivity contribution in [2.75, 3.05) is 0 Å². The molecule has 28 heavy (non-hydrogen) atoms. The highest BCUT2D eigenvalue weighted by Crippen LogP contribution is 2.27. The van der Waals surface area contributed by atoms with Crippen molar-refractivity contribution in [2.24, 2.45) is 0 Å². The monoisotopic (exact) mass is 378 g/mol. The molecular formula is C22H18O6. The van der Waals surface area contributed by atoms with Crippen LogP contribution in [0.1, 0.15) is 11.1 Å². The highest BCUT2D eigenvalue weighted by Gasteiger charge is 2.04. The maximum atomic E-state index is 10.7. The summed E-state index contributed by atoms with van der Waals surface area (Å²) in [6.07, 6.45) is -0.0484. The summed E-state index contributed by atoms with van der Waals surface area (Å²) in [5.74, 6) is 0.709. The van der Waals surface area contributed by atoms with E-state index in [1.165, 1.54) is 0 Å². The third kappa shape index (κ3) is 5.60. The van der Waals surface area contributed by atoms with Crippen LogP contribution in [0.5, 0.6) is 23.0 Å². The van der Waals surface area contributed by atoms with Crippen LogP contribution in [0.25, 0.3) is 0 Å². The molecule has 0 aliphatic carbocycles. The van der Waals surface area contributed by atoms with Gasteiger partial charge in [0, 0.05) is 0 Å². The molecule has 0 aliphatic rings. The highest BCUT2D eigenvalue weighted by molar-refractivity contribution is 5.70. The van der Waals surface area contributed by atoms with Crippen molar-refractivity contribution >= 4 is 11.9 Å². The summed E-state index contributed by atoms with van der Waals surface area (Å²) in [6, 6.07) is 20.8. The van der Waals surface area contributed by atoms with Crippen molar-refractivity contribution in [3.05, 3.63) is 83.9 Å². The molecule has 6 heteroatoms. The number of hydrogen-bond acceptors (Lipinski definition) is 4. The number of rotatable bonds is 8. The van der Waals surface area contributed by atoms with E-state index in [-0.39, 0.29) is 12.8 Å². The largest absolute Gasteiger partial charge is 0.481 e. The first kappa shape index (κ1) is 19.0. The zero-order valence-electron chi connectivity index (χ0n) is 14.9. The number of benzene rings is 3. The van der Waals surface area contributed by atoms with E-state index in [9.17, 15) is 9.59 Å². The Morgan fingerprint density at radius 2 is 0.786 bits per heavy atom. The van der Waals surface area contributed by atoms with E-state index in [0.29, 0.717) is 34.1 Å². The molecule has 0 radical (unpaired) electrons. The van der Waals surface area contributed by atoms with Crippen LogP contribution in [-0.4, -0.2) is 22.2 Å². The SMILES string of the molecule is O=C(O)Cc1ccc(Oc2ccc(Oc3ccc(CC(=O)O)cc3)cc2)cc1. The van der Waals surface area contributed by atoms with Crippen molar-refractivity contribution < 1.29 is 29.3 Å². The summed E-state index contributed by atoms with van der Waals surface area (Å²) in [4.78, 5) is 21.4. The predicted molar refractivity (Wildman–Crippen MR) is 102 cm³/mol. The van der Waals surface area contributed by atoms with Crippen LogP contribution >= 0.6 is 0 Å². The number of carboxylic acid groups (broad SMARTS) is 2. The van der Waals surface area contributed by atoms with Crippen molar-refractivity contribution in [3.8, 4) is 23.0 Å². The van der Waals surface area contributed by atoms with Gasteiger partial charge in [-0.15, -0.1) is 0 Å². The molecule has 0 amide bonds. The van der Waals surface area contributed by atoms with Crippen LogP contribution in [0.15, 0.2) is 72.8 Å². The van der Waals surface area contributed by atoms with E-state index in [1.54, 1.807) is 72.8 Å². The summed E-state index contributed by atoms with van der Waals surface area (Å²) >= 11 is 0. The minimum Gasteiger partial charge on any atom is -0.481 e. The predicted octanol–water partition coefficient (Wildman–Crippen LogP) is 4.53. The van der Waals surface area contributed by atoms with Gasteiger partial charge in [-0.2, -0.15) is 0 Å². The molecule has 0 atom stereocenters. The number of carbonyl (C=O) groups is 2. The lowest BCUT2D eigenvalue weighted by Gasteiger charge is -2.09. The number of ether oxygens (including phenoxy) is 2. The standard InChI is InChI=1S/C22H18O6/c23-21(24)13-15-1-5-17(6-2-15)27-19-9-11-20(12-10-19)28-18-7-3-16(4-8-18)14-22(25)26/h1-12H,13-14H2,(H,23,24)(H,25,26). The molecule has 0 bridgehead atoms. The van der Waals surface area contributed by atoms with Gasteiger partial charge >= 0.3 is 11.9 Å². The smallest absolute Gasteiger partial charge is 0.307 e. The van der Waals surface area contributed by atoms with Crippen LogP contribution in [0.4, 0.5) is 0 Å². The van der Waals surface area contributed by atoms with Crippen molar-refractivity contribution in [1.82, 2.24) is 0 Å². The molecule has 0 aliphatic heterocycles. The highest BCUT2D eigenvalue weighted by atomic mass is 16.5. The topological polar surface area (TPSA) is 93.1 Å². The Morgan fingerprint density at radius 3 is 1.04 bits per heavy atom. The fourth-order valence-corrected chi connectivity index (χ4v) is 2.55. The first-order chi connectivity index (χ1) is 13.5. The van der Waals surface area contributed by atoms with Gasteiger partial charge in [0.05, 0.1) is 12.8 Å². The molecular weight excluding hydrogens is 360 g/mol.